The van der Waals surface area contributed by atoms with Crippen molar-refractivity contribution in [3.8, 4) is 0 Å². The van der Waals surface area contributed by atoms with Gasteiger partial charge in [0.1, 0.15) is 5.58 Å². The topological polar surface area (TPSA) is 72.4 Å². The Morgan fingerprint density at radius 1 is 1.35 bits per heavy atom. The number of imidazole rings is 1. The maximum absolute atomic E-state index is 12.4. The number of halogens is 1. The zero-order valence-corrected chi connectivity index (χ0v) is 15.2. The van der Waals surface area contributed by atoms with E-state index in [0.717, 1.165) is 39.0 Å². The number of hydrogen-bond acceptors (Lipinski definition) is 4. The summed E-state index contributed by atoms with van der Waals surface area (Å²) in [5.41, 5.74) is 5.12. The number of hydrogen-bond donors (Lipinski definition) is 1. The number of benzene rings is 1. The van der Waals surface area contributed by atoms with E-state index in [2.05, 4.69) is 15.3 Å². The van der Waals surface area contributed by atoms with E-state index in [1.807, 2.05) is 30.5 Å². The van der Waals surface area contributed by atoms with Crippen molar-refractivity contribution in [1.29, 1.82) is 0 Å². The average Bonchev–Trinajstić information content (AvgIpc) is 3.22. The van der Waals surface area contributed by atoms with Gasteiger partial charge < -0.3 is 9.73 Å². The van der Waals surface area contributed by atoms with Crippen molar-refractivity contribution >= 4 is 34.1 Å². The lowest BCUT2D eigenvalue weighted by Gasteiger charge is -2.07. The first-order valence-electron chi connectivity index (χ1n) is 8.23. The van der Waals surface area contributed by atoms with Gasteiger partial charge in [0.15, 0.2) is 5.65 Å². The quantitative estimate of drug-likeness (QED) is 0.597. The number of fused-ring (bicyclic) bond motifs is 2. The van der Waals surface area contributed by atoms with E-state index in [-0.39, 0.29) is 12.3 Å². The number of aryl methyl sites for hydroxylation is 2. The second-order valence-corrected chi connectivity index (χ2v) is 6.65. The molecule has 4 aromatic rings. The summed E-state index contributed by atoms with van der Waals surface area (Å²) in [7, 11) is 0. The molecule has 1 aromatic carbocycles. The molecule has 0 unspecified atom stereocenters. The Kier molecular flexibility index (Phi) is 4.12. The van der Waals surface area contributed by atoms with Gasteiger partial charge >= 0.3 is 0 Å². The molecule has 3 aromatic heterocycles. The Morgan fingerprint density at radius 2 is 2.19 bits per heavy atom. The zero-order valence-electron chi connectivity index (χ0n) is 14.4. The molecule has 4 rings (SSSR count). The first kappa shape index (κ1) is 16.6. The highest BCUT2D eigenvalue weighted by atomic mass is 35.5. The van der Waals surface area contributed by atoms with Crippen LogP contribution in [0.15, 0.2) is 41.5 Å². The van der Waals surface area contributed by atoms with Crippen LogP contribution in [0.25, 0.3) is 16.6 Å². The molecule has 0 fully saturated rings. The van der Waals surface area contributed by atoms with Crippen LogP contribution in [0, 0.1) is 13.8 Å². The maximum atomic E-state index is 12.4. The Morgan fingerprint density at radius 3 is 3.04 bits per heavy atom. The first-order valence-corrected chi connectivity index (χ1v) is 8.61. The number of nitrogens with one attached hydrogen (secondary N) is 1. The molecule has 0 radical (unpaired) electrons. The molecule has 1 N–H and O–H groups in total. The molecule has 0 aliphatic carbocycles. The summed E-state index contributed by atoms with van der Waals surface area (Å²) < 4.78 is 7.51. The molecule has 7 heteroatoms. The second kappa shape index (κ2) is 6.46. The van der Waals surface area contributed by atoms with Gasteiger partial charge in [-0.1, -0.05) is 11.6 Å². The number of carbonyl (C=O) groups is 1. The third-order valence-electron chi connectivity index (χ3n) is 4.51. The van der Waals surface area contributed by atoms with E-state index < -0.39 is 0 Å². The smallest absolute Gasteiger partial charge is 0.224 e. The van der Waals surface area contributed by atoms with Gasteiger partial charge in [0.25, 0.3) is 0 Å². The number of furan rings is 1. The van der Waals surface area contributed by atoms with Crippen LogP contribution in [0.2, 0.25) is 5.02 Å². The molecule has 0 aliphatic rings. The third kappa shape index (κ3) is 2.82. The molecule has 0 saturated heterocycles. The Hall–Kier alpha value is -2.86. The summed E-state index contributed by atoms with van der Waals surface area (Å²) in [4.78, 5) is 20.7. The lowest BCUT2D eigenvalue weighted by molar-refractivity contribution is -0.120. The summed E-state index contributed by atoms with van der Waals surface area (Å²) in [6.45, 7) is 4.27. The van der Waals surface area contributed by atoms with Crippen molar-refractivity contribution in [2.75, 3.05) is 0 Å². The maximum Gasteiger partial charge on any atom is 0.224 e. The predicted molar refractivity (Wildman–Crippen MR) is 99.2 cm³/mol. The third-order valence-corrected chi connectivity index (χ3v) is 5.09. The van der Waals surface area contributed by atoms with Gasteiger partial charge in [-0.2, -0.15) is 0 Å². The summed E-state index contributed by atoms with van der Waals surface area (Å²) in [6.07, 6.45) is 8.78. The molecule has 132 valence electrons. The van der Waals surface area contributed by atoms with E-state index in [1.54, 1.807) is 24.9 Å². The monoisotopic (exact) mass is 368 g/mol. The van der Waals surface area contributed by atoms with Crippen LogP contribution in [-0.2, 0) is 17.8 Å². The molecule has 0 atom stereocenters. The van der Waals surface area contributed by atoms with Crippen LogP contribution < -0.4 is 5.32 Å². The summed E-state index contributed by atoms with van der Waals surface area (Å²) >= 11 is 6.35. The normalized spacial score (nSPS) is 11.3. The fourth-order valence-electron chi connectivity index (χ4n) is 3.19. The summed E-state index contributed by atoms with van der Waals surface area (Å²) in [5.74, 6) is -0.0900. The van der Waals surface area contributed by atoms with Crippen molar-refractivity contribution in [3.63, 3.8) is 0 Å². The Labute approximate surface area is 154 Å². The number of carbonyl (C=O) groups excluding carboxylic acids is 1. The Balaban J connectivity index is 1.52. The van der Waals surface area contributed by atoms with Crippen molar-refractivity contribution in [3.05, 3.63) is 64.5 Å². The SMILES string of the molecule is Cc1cc2occ(CC(=O)NCc3cnc4cnccn34)c2c(C)c1Cl. The first-order chi connectivity index (χ1) is 12.5. The minimum Gasteiger partial charge on any atom is -0.464 e. The standard InChI is InChI=1S/C19H17ClN4O2/c1-11-5-15-18(12(2)19(11)20)13(10-26-15)6-17(25)23-8-14-7-22-16-9-21-3-4-24(14)16/h3-5,7,9-10H,6,8H2,1-2H3,(H,23,25). The van der Waals surface area contributed by atoms with E-state index in [0.29, 0.717) is 11.6 Å². The number of amides is 1. The van der Waals surface area contributed by atoms with Crippen molar-refractivity contribution in [2.45, 2.75) is 26.8 Å². The van der Waals surface area contributed by atoms with Crippen LogP contribution in [0.5, 0.6) is 0 Å². The summed E-state index contributed by atoms with van der Waals surface area (Å²) in [6, 6.07) is 1.90. The van der Waals surface area contributed by atoms with Gasteiger partial charge in [-0.05, 0) is 31.0 Å². The van der Waals surface area contributed by atoms with Crippen molar-refractivity contribution < 1.29 is 9.21 Å². The van der Waals surface area contributed by atoms with Crippen molar-refractivity contribution in [1.82, 2.24) is 19.7 Å². The number of aromatic nitrogens is 3. The van der Waals surface area contributed by atoms with Gasteiger partial charge in [0.05, 0.1) is 37.3 Å². The predicted octanol–water partition coefficient (Wildman–Crippen LogP) is 3.60. The van der Waals surface area contributed by atoms with Crippen molar-refractivity contribution in [2.24, 2.45) is 0 Å². The summed E-state index contributed by atoms with van der Waals surface area (Å²) in [5, 5.41) is 4.55. The van der Waals surface area contributed by atoms with E-state index in [9.17, 15) is 4.79 Å². The van der Waals surface area contributed by atoms with Crippen LogP contribution in [-0.4, -0.2) is 20.3 Å². The minimum absolute atomic E-state index is 0.0900. The molecular formula is C19H17ClN4O2. The fraction of sp³-hybridized carbons (Fsp3) is 0.211. The van der Waals surface area contributed by atoms with E-state index in [4.69, 9.17) is 16.0 Å². The molecule has 1 amide bonds. The lowest BCUT2D eigenvalue weighted by Crippen LogP contribution is -2.25. The van der Waals surface area contributed by atoms with Crippen LogP contribution in [0.4, 0.5) is 0 Å². The highest BCUT2D eigenvalue weighted by Gasteiger charge is 2.16. The highest BCUT2D eigenvalue weighted by molar-refractivity contribution is 6.33. The van der Waals surface area contributed by atoms with E-state index >= 15 is 0 Å². The highest BCUT2D eigenvalue weighted by Crippen LogP contribution is 2.32. The zero-order chi connectivity index (χ0) is 18.3. The van der Waals surface area contributed by atoms with Crippen LogP contribution >= 0.6 is 11.6 Å². The molecule has 3 heterocycles. The van der Waals surface area contributed by atoms with Crippen LogP contribution in [0.1, 0.15) is 22.4 Å². The number of nitrogens with zero attached hydrogens (tertiary/aromatic N) is 3. The van der Waals surface area contributed by atoms with Crippen LogP contribution in [0.3, 0.4) is 0 Å². The van der Waals surface area contributed by atoms with E-state index in [1.165, 1.54) is 0 Å². The molecule has 0 spiro atoms. The second-order valence-electron chi connectivity index (χ2n) is 6.27. The largest absolute Gasteiger partial charge is 0.464 e. The van der Waals surface area contributed by atoms with Gasteiger partial charge in [0.2, 0.25) is 5.91 Å². The average molecular weight is 369 g/mol. The molecule has 0 bridgehead atoms. The Bertz CT molecular complexity index is 1130. The van der Waals surface area contributed by atoms with Gasteiger partial charge in [-0.3, -0.25) is 14.2 Å². The lowest BCUT2D eigenvalue weighted by atomic mass is 10.0. The minimum atomic E-state index is -0.0900. The molecular weight excluding hydrogens is 352 g/mol. The number of rotatable bonds is 4. The van der Waals surface area contributed by atoms with Gasteiger partial charge in [-0.25, -0.2) is 4.98 Å². The van der Waals surface area contributed by atoms with Gasteiger partial charge in [-0.15, -0.1) is 0 Å². The molecule has 0 aliphatic heterocycles. The molecule has 26 heavy (non-hydrogen) atoms. The molecule has 0 saturated carbocycles. The fourth-order valence-corrected chi connectivity index (χ4v) is 3.34. The van der Waals surface area contributed by atoms with Gasteiger partial charge in [0, 0.05) is 28.4 Å². The molecule has 6 nitrogen and oxygen atoms in total.